The molecule has 0 unspecified atom stereocenters. The molecule has 42 heavy (non-hydrogen) atoms. The van der Waals surface area contributed by atoms with Crippen LogP contribution in [0.5, 0.6) is 0 Å². The first-order chi connectivity index (χ1) is 19.9. The lowest BCUT2D eigenvalue weighted by molar-refractivity contribution is -0.143. The lowest BCUT2D eigenvalue weighted by atomic mass is 10.0. The third-order valence-electron chi connectivity index (χ3n) is 6.51. The fraction of sp³-hybridized carbons (Fsp3) is 0.0667. The first kappa shape index (κ1) is 28.3. The number of fused-ring (bicyclic) bond motifs is 2. The second kappa shape index (κ2) is 10.4. The number of hydrogen-bond donors (Lipinski definition) is 0. The number of halogens is 6. The number of alkyl halides is 6. The molecule has 12 heteroatoms. The number of carbonyl (C=O) groups excluding carboxylic acids is 2. The number of benzene rings is 3. The van der Waals surface area contributed by atoms with E-state index in [1.54, 1.807) is 60.7 Å². The molecular formula is C30H15F6NO2S3. The van der Waals surface area contributed by atoms with Crippen LogP contribution >= 0.6 is 34.4 Å². The summed E-state index contributed by atoms with van der Waals surface area (Å²) < 4.78 is 82.8. The Morgan fingerprint density at radius 3 is 1.40 bits per heavy atom. The number of aldehydes is 2. The second-order valence-electron chi connectivity index (χ2n) is 9.21. The molecule has 3 heterocycles. The Morgan fingerprint density at radius 2 is 1.02 bits per heavy atom. The minimum atomic E-state index is -5.01. The van der Waals surface area contributed by atoms with Crippen molar-refractivity contribution in [3.63, 3.8) is 0 Å². The van der Waals surface area contributed by atoms with Crippen LogP contribution in [0.1, 0.15) is 30.5 Å². The second-order valence-corrected chi connectivity index (χ2v) is 12.5. The Hall–Kier alpha value is -3.87. The van der Waals surface area contributed by atoms with Gasteiger partial charge in [-0.05, 0) is 77.9 Å². The number of rotatable bonds is 5. The fourth-order valence-corrected chi connectivity index (χ4v) is 7.38. The van der Waals surface area contributed by atoms with E-state index in [4.69, 9.17) is 0 Å². The zero-order valence-corrected chi connectivity index (χ0v) is 23.4. The molecule has 2 aromatic heterocycles. The SMILES string of the molecule is O=Cc1ccc(-c2ccc3c(c2)Sc2cc(-c4ccc(C=O)s4)ccc2N3c2cc(C(F)(F)F)cc(C(F)(F)F)c2)s1. The number of anilines is 3. The molecule has 5 aromatic rings. The molecular weight excluding hydrogens is 617 g/mol. The van der Waals surface area contributed by atoms with Gasteiger partial charge in [-0.2, -0.15) is 26.3 Å². The van der Waals surface area contributed by atoms with Gasteiger partial charge in [-0.25, -0.2) is 0 Å². The van der Waals surface area contributed by atoms with Crippen molar-refractivity contribution in [1.29, 1.82) is 0 Å². The maximum Gasteiger partial charge on any atom is 0.416 e. The average molecular weight is 632 g/mol. The highest BCUT2D eigenvalue weighted by Crippen LogP contribution is 2.54. The fourth-order valence-electron chi connectivity index (χ4n) is 4.60. The standard InChI is InChI=1S/C30H15F6NO2S3/c31-29(32,33)18-11-19(30(34,35)36)13-20(12-18)37-23-5-1-16(25-7-3-21(14-38)40-25)9-27(23)42-28-10-17(2-6-24(28)37)26-8-4-22(15-39)41-26/h1-15H. The zero-order valence-electron chi connectivity index (χ0n) is 20.9. The maximum atomic E-state index is 13.8. The third kappa shape index (κ3) is 5.25. The molecule has 1 aliphatic heterocycles. The molecule has 3 aromatic carbocycles. The summed E-state index contributed by atoms with van der Waals surface area (Å²) >= 11 is 3.86. The summed E-state index contributed by atoms with van der Waals surface area (Å²) in [5.41, 5.74) is -0.825. The van der Waals surface area contributed by atoms with Gasteiger partial charge in [0.25, 0.3) is 0 Å². The van der Waals surface area contributed by atoms with Crippen molar-refractivity contribution in [3.05, 3.63) is 99.7 Å². The molecule has 0 radical (unpaired) electrons. The van der Waals surface area contributed by atoms with E-state index in [2.05, 4.69) is 0 Å². The van der Waals surface area contributed by atoms with Crippen molar-refractivity contribution in [2.24, 2.45) is 0 Å². The topological polar surface area (TPSA) is 37.4 Å². The van der Waals surface area contributed by atoms with Crippen molar-refractivity contribution < 1.29 is 35.9 Å². The van der Waals surface area contributed by atoms with E-state index in [1.165, 1.54) is 39.3 Å². The van der Waals surface area contributed by atoms with Crippen molar-refractivity contribution >= 4 is 64.1 Å². The highest BCUT2D eigenvalue weighted by Gasteiger charge is 2.38. The van der Waals surface area contributed by atoms with Gasteiger partial charge in [0.15, 0.2) is 12.6 Å². The van der Waals surface area contributed by atoms with Crippen LogP contribution in [0.25, 0.3) is 20.9 Å². The van der Waals surface area contributed by atoms with Gasteiger partial charge in [0.05, 0.1) is 32.3 Å². The molecule has 0 saturated carbocycles. The predicted molar refractivity (Wildman–Crippen MR) is 153 cm³/mol. The summed E-state index contributed by atoms with van der Waals surface area (Å²) in [7, 11) is 0. The number of hydrogen-bond acceptors (Lipinski definition) is 6. The predicted octanol–water partition coefficient (Wildman–Crippen LogP) is 10.7. The van der Waals surface area contributed by atoms with Crippen molar-refractivity contribution in [2.75, 3.05) is 4.90 Å². The molecule has 6 rings (SSSR count). The van der Waals surface area contributed by atoms with Crippen LogP contribution in [0.15, 0.2) is 88.7 Å². The van der Waals surface area contributed by atoms with Gasteiger partial charge in [0.2, 0.25) is 0 Å². The molecule has 0 fully saturated rings. The van der Waals surface area contributed by atoms with Gasteiger partial charge in [-0.1, -0.05) is 23.9 Å². The Balaban J connectivity index is 1.56. The van der Waals surface area contributed by atoms with Crippen LogP contribution in [0.4, 0.5) is 43.4 Å². The van der Waals surface area contributed by atoms with E-state index in [1.807, 2.05) is 0 Å². The molecule has 212 valence electrons. The molecule has 0 atom stereocenters. The Kier molecular flexibility index (Phi) is 7.03. The zero-order chi connectivity index (χ0) is 29.8. The van der Waals surface area contributed by atoms with Gasteiger partial charge < -0.3 is 4.90 Å². The number of thiophene rings is 2. The van der Waals surface area contributed by atoms with E-state index in [-0.39, 0.29) is 11.8 Å². The van der Waals surface area contributed by atoms with E-state index in [0.29, 0.717) is 43.1 Å². The molecule has 0 spiro atoms. The number of carbonyl (C=O) groups is 2. The molecule has 0 N–H and O–H groups in total. The summed E-state index contributed by atoms with van der Waals surface area (Å²) in [4.78, 5) is 27.6. The normalized spacial score (nSPS) is 13.0. The van der Waals surface area contributed by atoms with Crippen LogP contribution in [-0.2, 0) is 12.4 Å². The minimum absolute atomic E-state index is 0.110. The van der Waals surface area contributed by atoms with Gasteiger partial charge in [0.1, 0.15) is 0 Å². The molecule has 0 aliphatic carbocycles. The van der Waals surface area contributed by atoms with Crippen LogP contribution in [0.2, 0.25) is 0 Å². The van der Waals surface area contributed by atoms with Crippen LogP contribution in [-0.4, -0.2) is 12.6 Å². The summed E-state index contributed by atoms with van der Waals surface area (Å²) in [5, 5.41) is 0. The van der Waals surface area contributed by atoms with Crippen molar-refractivity contribution in [2.45, 2.75) is 22.1 Å². The van der Waals surface area contributed by atoms with Crippen molar-refractivity contribution in [1.82, 2.24) is 0 Å². The summed E-state index contributed by atoms with van der Waals surface area (Å²) in [6.45, 7) is 0. The first-order valence-corrected chi connectivity index (χ1v) is 14.6. The van der Waals surface area contributed by atoms with Crippen molar-refractivity contribution in [3.8, 4) is 20.9 Å². The van der Waals surface area contributed by atoms with E-state index >= 15 is 0 Å². The molecule has 3 nitrogen and oxygen atoms in total. The quantitative estimate of drug-likeness (QED) is 0.140. The minimum Gasteiger partial charge on any atom is -0.308 e. The van der Waals surface area contributed by atoms with Gasteiger partial charge in [-0.3, -0.25) is 9.59 Å². The largest absolute Gasteiger partial charge is 0.416 e. The summed E-state index contributed by atoms with van der Waals surface area (Å²) in [6.07, 6.45) is -8.56. The highest BCUT2D eigenvalue weighted by molar-refractivity contribution is 7.99. The van der Waals surface area contributed by atoms with Crippen LogP contribution < -0.4 is 4.90 Å². The first-order valence-electron chi connectivity index (χ1n) is 12.1. The average Bonchev–Trinajstić information content (AvgIpc) is 3.64. The lowest BCUT2D eigenvalue weighted by Gasteiger charge is -2.34. The monoisotopic (exact) mass is 631 g/mol. The summed E-state index contributed by atoms with van der Waals surface area (Å²) in [6, 6.07) is 18.8. The highest BCUT2D eigenvalue weighted by atomic mass is 32.2. The summed E-state index contributed by atoms with van der Waals surface area (Å²) in [5.74, 6) is 0. The maximum absolute atomic E-state index is 13.8. The lowest BCUT2D eigenvalue weighted by Crippen LogP contribution is -2.18. The van der Waals surface area contributed by atoms with Gasteiger partial charge in [0, 0.05) is 25.2 Å². The molecule has 0 saturated heterocycles. The Bertz CT molecular complexity index is 1730. The van der Waals surface area contributed by atoms with E-state index in [9.17, 15) is 35.9 Å². The Labute approximate surface area is 247 Å². The van der Waals surface area contributed by atoms with Crippen LogP contribution in [0, 0.1) is 0 Å². The smallest absolute Gasteiger partial charge is 0.308 e. The van der Waals surface area contributed by atoms with Gasteiger partial charge in [-0.15, -0.1) is 22.7 Å². The van der Waals surface area contributed by atoms with E-state index in [0.717, 1.165) is 33.5 Å². The molecule has 0 bridgehead atoms. The Morgan fingerprint density at radius 1 is 0.571 bits per heavy atom. The third-order valence-corrected chi connectivity index (χ3v) is 9.72. The molecule has 0 amide bonds. The molecule has 1 aliphatic rings. The van der Waals surface area contributed by atoms with Gasteiger partial charge >= 0.3 is 12.4 Å². The number of nitrogens with zero attached hydrogens (tertiary/aromatic N) is 1. The van der Waals surface area contributed by atoms with Crippen LogP contribution in [0.3, 0.4) is 0 Å². The van der Waals surface area contributed by atoms with E-state index < -0.39 is 23.5 Å².